The van der Waals surface area contributed by atoms with Gasteiger partial charge in [0.1, 0.15) is 5.75 Å². The van der Waals surface area contributed by atoms with Crippen molar-refractivity contribution >= 4 is 43.1 Å². The molecular weight excluding hydrogens is 512 g/mol. The summed E-state index contributed by atoms with van der Waals surface area (Å²) in [5.41, 5.74) is 0.928. The van der Waals surface area contributed by atoms with Crippen molar-refractivity contribution in [3.63, 3.8) is 0 Å². The predicted octanol–water partition coefficient (Wildman–Crippen LogP) is 3.58. The summed E-state index contributed by atoms with van der Waals surface area (Å²) in [7, 11) is -7.34. The number of nitrogens with zero attached hydrogens (tertiary/aromatic N) is 1. The second-order valence-corrected chi connectivity index (χ2v) is 12.5. The molecule has 8 nitrogen and oxygen atoms in total. The molecule has 1 heterocycles. The minimum absolute atomic E-state index is 0.0753. The monoisotopic (exact) mass is 534 g/mol. The highest BCUT2D eigenvalue weighted by Crippen LogP contribution is 2.39. The summed E-state index contributed by atoms with van der Waals surface area (Å²) in [6.07, 6.45) is -0.00615. The maximum absolute atomic E-state index is 13.4. The van der Waals surface area contributed by atoms with E-state index in [9.17, 15) is 21.6 Å². The molecule has 0 radical (unpaired) electrons. The molecule has 1 N–H and O–H groups in total. The normalized spacial score (nSPS) is 16.7. The van der Waals surface area contributed by atoms with E-state index in [0.717, 1.165) is 10.6 Å². The van der Waals surface area contributed by atoms with Gasteiger partial charge in [-0.15, -0.1) is 0 Å². The summed E-state index contributed by atoms with van der Waals surface area (Å²) in [5, 5.41) is 3.15. The zero-order valence-electron chi connectivity index (χ0n) is 18.9. The fourth-order valence-corrected chi connectivity index (χ4v) is 5.99. The molecular formula is C24H23ClN2O6S2. The number of ether oxygens (including phenoxy) is 1. The van der Waals surface area contributed by atoms with Crippen LogP contribution in [0.5, 0.6) is 5.75 Å². The first-order chi connectivity index (χ1) is 16.5. The molecule has 0 aliphatic carbocycles. The minimum atomic E-state index is -4.00. The van der Waals surface area contributed by atoms with E-state index in [4.69, 9.17) is 16.3 Å². The van der Waals surface area contributed by atoms with Crippen LogP contribution in [0, 0.1) is 0 Å². The molecule has 1 aliphatic heterocycles. The van der Waals surface area contributed by atoms with Gasteiger partial charge in [-0.25, -0.2) is 16.8 Å². The van der Waals surface area contributed by atoms with E-state index >= 15 is 0 Å². The van der Waals surface area contributed by atoms with Crippen molar-refractivity contribution < 1.29 is 26.4 Å². The Hall–Kier alpha value is -3.08. The lowest BCUT2D eigenvalue weighted by Crippen LogP contribution is -2.51. The Morgan fingerprint density at radius 3 is 2.29 bits per heavy atom. The van der Waals surface area contributed by atoms with Crippen molar-refractivity contribution in [1.29, 1.82) is 0 Å². The Kier molecular flexibility index (Phi) is 6.81. The molecule has 3 aromatic rings. The quantitative estimate of drug-likeness (QED) is 0.517. The standard InChI is InChI=1S/C24H23ClN2O6S2/c1-16(17-8-11-19(12-9-17)34(2,29)30)26-24(28)23-15-27(21-14-18(25)10-13-22(21)33-23)35(31,32)20-6-4-3-5-7-20/h3-14,16,23H,15H2,1-2H3,(H,26,28)/t16-,23-/m0/s1. The van der Waals surface area contributed by atoms with E-state index < -0.39 is 37.9 Å². The van der Waals surface area contributed by atoms with Gasteiger partial charge in [0.25, 0.3) is 15.9 Å². The Morgan fingerprint density at radius 1 is 1.00 bits per heavy atom. The van der Waals surface area contributed by atoms with E-state index in [1.54, 1.807) is 43.3 Å². The summed E-state index contributed by atoms with van der Waals surface area (Å²) in [4.78, 5) is 13.4. The number of carbonyl (C=O) groups excluding carboxylic acids is 1. The number of anilines is 1. The highest BCUT2D eigenvalue weighted by Gasteiger charge is 2.38. The summed E-state index contributed by atoms with van der Waals surface area (Å²) in [6, 6.07) is 18.2. The Labute approximate surface area is 209 Å². The molecule has 0 saturated heterocycles. The molecule has 0 fully saturated rings. The maximum Gasteiger partial charge on any atom is 0.264 e. The first-order valence-electron chi connectivity index (χ1n) is 10.6. The van der Waals surface area contributed by atoms with Crippen LogP contribution in [-0.4, -0.2) is 41.6 Å². The summed E-state index contributed by atoms with van der Waals surface area (Å²) < 4.78 is 57.2. The largest absolute Gasteiger partial charge is 0.476 e. The molecule has 11 heteroatoms. The van der Waals surface area contributed by atoms with E-state index in [1.165, 1.54) is 36.4 Å². The fraction of sp³-hybridized carbons (Fsp3) is 0.208. The van der Waals surface area contributed by atoms with Gasteiger partial charge in [-0.05, 0) is 55.0 Å². The van der Waals surface area contributed by atoms with Crippen molar-refractivity contribution in [2.75, 3.05) is 17.1 Å². The summed E-state index contributed by atoms with van der Waals surface area (Å²) >= 11 is 6.12. The first kappa shape index (κ1) is 25.0. The smallest absolute Gasteiger partial charge is 0.264 e. The van der Waals surface area contributed by atoms with Crippen LogP contribution >= 0.6 is 11.6 Å². The van der Waals surface area contributed by atoms with E-state index in [0.29, 0.717) is 10.6 Å². The number of amides is 1. The first-order valence-corrected chi connectivity index (χ1v) is 14.3. The maximum atomic E-state index is 13.4. The third-order valence-electron chi connectivity index (χ3n) is 5.58. The van der Waals surface area contributed by atoms with Gasteiger partial charge in [-0.1, -0.05) is 41.9 Å². The number of hydrogen-bond donors (Lipinski definition) is 1. The number of sulfone groups is 1. The van der Waals surface area contributed by atoms with Crippen molar-refractivity contribution in [2.45, 2.75) is 28.9 Å². The van der Waals surface area contributed by atoms with Gasteiger partial charge in [0.05, 0.1) is 28.1 Å². The third kappa shape index (κ3) is 5.29. The highest BCUT2D eigenvalue weighted by molar-refractivity contribution is 7.92. The Bertz CT molecular complexity index is 1460. The number of hydrogen-bond acceptors (Lipinski definition) is 6. The van der Waals surface area contributed by atoms with Crippen LogP contribution < -0.4 is 14.4 Å². The van der Waals surface area contributed by atoms with Crippen LogP contribution in [-0.2, 0) is 24.7 Å². The zero-order valence-corrected chi connectivity index (χ0v) is 21.3. The highest BCUT2D eigenvalue weighted by atomic mass is 35.5. The molecule has 2 atom stereocenters. The lowest BCUT2D eigenvalue weighted by Gasteiger charge is -2.35. The van der Waals surface area contributed by atoms with Gasteiger partial charge < -0.3 is 10.1 Å². The molecule has 0 unspecified atom stereocenters. The fourth-order valence-electron chi connectivity index (χ4n) is 3.70. The molecule has 184 valence electrons. The van der Waals surface area contributed by atoms with E-state index in [-0.39, 0.29) is 27.8 Å². The molecule has 1 aliphatic rings. The SMILES string of the molecule is C[C@H](NC(=O)[C@@H]1CN(S(=O)(=O)c2ccccc2)c2cc(Cl)ccc2O1)c1ccc(S(C)(=O)=O)cc1. The molecule has 4 rings (SSSR count). The number of sulfonamides is 1. The molecule has 35 heavy (non-hydrogen) atoms. The number of halogens is 1. The van der Waals surface area contributed by atoms with Crippen LogP contribution in [0.15, 0.2) is 82.6 Å². The van der Waals surface area contributed by atoms with Crippen LogP contribution in [0.3, 0.4) is 0 Å². The van der Waals surface area contributed by atoms with E-state index in [2.05, 4.69) is 5.32 Å². The molecule has 0 spiro atoms. The van der Waals surface area contributed by atoms with E-state index in [1.807, 2.05) is 0 Å². The van der Waals surface area contributed by atoms with Gasteiger partial charge in [0.2, 0.25) is 0 Å². The van der Waals surface area contributed by atoms with Crippen molar-refractivity contribution in [3.8, 4) is 5.75 Å². The second kappa shape index (κ2) is 9.52. The molecule has 3 aromatic carbocycles. The van der Waals surface area contributed by atoms with Crippen LogP contribution in [0.4, 0.5) is 5.69 Å². The molecule has 0 saturated carbocycles. The average molecular weight is 535 g/mol. The van der Waals surface area contributed by atoms with Crippen LogP contribution in [0.25, 0.3) is 0 Å². The van der Waals surface area contributed by atoms with Gasteiger partial charge in [-0.2, -0.15) is 0 Å². The second-order valence-electron chi connectivity index (χ2n) is 8.14. The van der Waals surface area contributed by atoms with Crippen LogP contribution in [0.1, 0.15) is 18.5 Å². The summed E-state index contributed by atoms with van der Waals surface area (Å²) in [6.45, 7) is 1.48. The Balaban J connectivity index is 1.60. The van der Waals surface area contributed by atoms with Crippen LogP contribution in [0.2, 0.25) is 5.02 Å². The summed E-state index contributed by atoms with van der Waals surface area (Å²) in [5.74, 6) is -0.302. The number of nitrogens with one attached hydrogen (secondary N) is 1. The number of rotatable bonds is 6. The third-order valence-corrected chi connectivity index (χ3v) is 8.74. The van der Waals surface area contributed by atoms with Crippen molar-refractivity contribution in [2.24, 2.45) is 0 Å². The molecule has 0 bridgehead atoms. The van der Waals surface area contributed by atoms with Gasteiger partial charge >= 0.3 is 0 Å². The van der Waals surface area contributed by atoms with Gasteiger partial charge in [0, 0.05) is 11.3 Å². The minimum Gasteiger partial charge on any atom is -0.476 e. The predicted molar refractivity (Wildman–Crippen MR) is 133 cm³/mol. The van der Waals surface area contributed by atoms with Crippen molar-refractivity contribution in [1.82, 2.24) is 5.32 Å². The Morgan fingerprint density at radius 2 is 1.66 bits per heavy atom. The number of fused-ring (bicyclic) bond motifs is 1. The zero-order chi connectivity index (χ0) is 25.4. The average Bonchev–Trinajstić information content (AvgIpc) is 2.83. The number of carbonyl (C=O) groups is 1. The lowest BCUT2D eigenvalue weighted by molar-refractivity contribution is -0.128. The van der Waals surface area contributed by atoms with Crippen molar-refractivity contribution in [3.05, 3.63) is 83.4 Å². The number of benzene rings is 3. The molecule has 0 aromatic heterocycles. The van der Waals surface area contributed by atoms with Gasteiger partial charge in [-0.3, -0.25) is 9.10 Å². The molecule has 1 amide bonds. The lowest BCUT2D eigenvalue weighted by atomic mass is 10.1. The topological polar surface area (TPSA) is 110 Å². The van der Waals surface area contributed by atoms with Gasteiger partial charge in [0.15, 0.2) is 15.9 Å².